The summed E-state index contributed by atoms with van der Waals surface area (Å²) in [5.41, 5.74) is 5.75. The zero-order chi connectivity index (χ0) is 16.1. The third kappa shape index (κ3) is 4.45. The van der Waals surface area contributed by atoms with Crippen LogP contribution in [-0.2, 0) is 14.4 Å². The molecule has 0 aromatic heterocycles. The molecule has 0 atom stereocenters. The Morgan fingerprint density at radius 1 is 1.36 bits per heavy atom. The number of amidine groups is 1. The minimum Gasteiger partial charge on any atom is -0.484 e. The first-order valence-electron chi connectivity index (χ1n) is 6.25. The summed E-state index contributed by atoms with van der Waals surface area (Å²) < 4.78 is 5.14. The van der Waals surface area contributed by atoms with Gasteiger partial charge in [-0.2, -0.15) is 4.99 Å². The number of thioether (sulfide) groups is 1. The summed E-state index contributed by atoms with van der Waals surface area (Å²) in [6.45, 7) is 1.16. The Kier molecular flexibility index (Phi) is 4.95. The van der Waals surface area contributed by atoms with Crippen LogP contribution in [0.4, 0.5) is 0 Å². The van der Waals surface area contributed by atoms with E-state index in [0.717, 1.165) is 17.3 Å². The predicted octanol–water partition coefficient (Wildman–Crippen LogP) is 0.657. The van der Waals surface area contributed by atoms with Crippen molar-refractivity contribution in [3.8, 4) is 5.75 Å². The fraction of sp³-hybridized carbons (Fsp3) is 0.143. The fourth-order valence-electron chi connectivity index (χ4n) is 1.58. The van der Waals surface area contributed by atoms with Gasteiger partial charge in [0.15, 0.2) is 11.8 Å². The Bertz CT molecular complexity index is 680. The van der Waals surface area contributed by atoms with Crippen LogP contribution in [0.15, 0.2) is 34.2 Å². The number of ether oxygens (including phenoxy) is 1. The number of benzene rings is 1. The van der Waals surface area contributed by atoms with E-state index in [-0.39, 0.29) is 17.7 Å². The first-order valence-corrected chi connectivity index (χ1v) is 7.07. The molecule has 0 unspecified atom stereocenters. The highest BCUT2D eigenvalue weighted by molar-refractivity contribution is 8.18. The minimum absolute atomic E-state index is 0.192. The van der Waals surface area contributed by atoms with Crippen molar-refractivity contribution in [2.45, 2.75) is 6.92 Å². The summed E-state index contributed by atoms with van der Waals surface area (Å²) in [7, 11) is 0. The van der Waals surface area contributed by atoms with Gasteiger partial charge in [0.1, 0.15) is 5.75 Å². The van der Waals surface area contributed by atoms with Crippen LogP contribution in [0, 0.1) is 0 Å². The molecular weight excluding hydrogens is 306 g/mol. The highest BCUT2D eigenvalue weighted by Gasteiger charge is 2.22. The summed E-state index contributed by atoms with van der Waals surface area (Å²) in [4.78, 5) is 37.4. The topological polar surface area (TPSA) is 111 Å². The monoisotopic (exact) mass is 319 g/mol. The lowest BCUT2D eigenvalue weighted by Crippen LogP contribution is -2.23. The zero-order valence-electron chi connectivity index (χ0n) is 11.7. The van der Waals surface area contributed by atoms with Gasteiger partial charge in [-0.05, 0) is 35.5 Å². The predicted molar refractivity (Wildman–Crippen MR) is 83.0 cm³/mol. The first-order chi connectivity index (χ1) is 10.4. The van der Waals surface area contributed by atoms with Gasteiger partial charge in [-0.3, -0.25) is 14.4 Å². The Morgan fingerprint density at radius 2 is 2.05 bits per heavy atom. The van der Waals surface area contributed by atoms with E-state index in [2.05, 4.69) is 10.3 Å². The fourth-order valence-corrected chi connectivity index (χ4v) is 2.44. The average Bonchev–Trinajstić information content (AvgIpc) is 2.77. The Balaban J connectivity index is 2.03. The van der Waals surface area contributed by atoms with Crippen molar-refractivity contribution in [3.05, 3.63) is 34.7 Å². The number of carbonyl (C=O) groups excluding carboxylic acids is 3. The van der Waals surface area contributed by atoms with Crippen LogP contribution >= 0.6 is 11.8 Å². The van der Waals surface area contributed by atoms with Crippen LogP contribution in [0.2, 0.25) is 0 Å². The SMILES string of the molecule is CC(=O)NC1=NC(=O)/C(=C/c2ccc(OCC(N)=O)cc2)S1. The van der Waals surface area contributed by atoms with Gasteiger partial charge in [-0.15, -0.1) is 0 Å². The molecule has 1 aromatic rings. The number of carbonyl (C=O) groups is 3. The number of primary amides is 1. The molecule has 3 amide bonds. The molecule has 8 heteroatoms. The number of hydrogen-bond donors (Lipinski definition) is 2. The second kappa shape index (κ2) is 6.90. The van der Waals surface area contributed by atoms with Crippen LogP contribution in [0.1, 0.15) is 12.5 Å². The van der Waals surface area contributed by atoms with Crippen molar-refractivity contribution in [3.63, 3.8) is 0 Å². The molecule has 2 rings (SSSR count). The lowest BCUT2D eigenvalue weighted by atomic mass is 10.2. The van der Waals surface area contributed by atoms with Crippen LogP contribution in [0.5, 0.6) is 5.75 Å². The normalized spacial score (nSPS) is 15.6. The zero-order valence-corrected chi connectivity index (χ0v) is 12.5. The molecule has 0 spiro atoms. The minimum atomic E-state index is -0.554. The Labute approximate surface area is 130 Å². The van der Waals surface area contributed by atoms with Gasteiger partial charge in [0.2, 0.25) is 5.91 Å². The molecule has 0 radical (unpaired) electrons. The van der Waals surface area contributed by atoms with Crippen molar-refractivity contribution < 1.29 is 19.1 Å². The number of rotatable bonds is 4. The number of nitrogens with zero attached hydrogens (tertiary/aromatic N) is 1. The summed E-state index contributed by atoms with van der Waals surface area (Å²) in [5.74, 6) is -0.734. The van der Waals surface area contributed by atoms with E-state index in [1.807, 2.05) is 0 Å². The highest BCUT2D eigenvalue weighted by Crippen LogP contribution is 2.27. The molecular formula is C14H13N3O4S. The van der Waals surface area contributed by atoms with Gasteiger partial charge in [-0.1, -0.05) is 12.1 Å². The van der Waals surface area contributed by atoms with Crippen LogP contribution < -0.4 is 15.8 Å². The molecule has 0 bridgehead atoms. The molecule has 22 heavy (non-hydrogen) atoms. The van der Waals surface area contributed by atoms with Crippen molar-refractivity contribution in [1.29, 1.82) is 0 Å². The van der Waals surface area contributed by atoms with Crippen LogP contribution in [-0.4, -0.2) is 29.5 Å². The van der Waals surface area contributed by atoms with E-state index in [4.69, 9.17) is 10.5 Å². The summed E-state index contributed by atoms with van der Waals surface area (Å²) in [5, 5.41) is 2.74. The molecule has 7 nitrogen and oxygen atoms in total. The van der Waals surface area contributed by atoms with Crippen molar-refractivity contribution in [2.75, 3.05) is 6.61 Å². The van der Waals surface area contributed by atoms with E-state index in [1.165, 1.54) is 6.92 Å². The van der Waals surface area contributed by atoms with Crippen molar-refractivity contribution >= 4 is 40.7 Å². The number of amides is 3. The Morgan fingerprint density at radius 3 is 2.64 bits per heavy atom. The van der Waals surface area contributed by atoms with Crippen LogP contribution in [0.3, 0.4) is 0 Å². The molecule has 1 aromatic carbocycles. The van der Waals surface area contributed by atoms with Gasteiger partial charge in [0.25, 0.3) is 11.8 Å². The van der Waals surface area contributed by atoms with E-state index in [1.54, 1.807) is 30.3 Å². The van der Waals surface area contributed by atoms with E-state index >= 15 is 0 Å². The lowest BCUT2D eigenvalue weighted by molar-refractivity contribution is -0.120. The largest absolute Gasteiger partial charge is 0.484 e. The molecule has 0 aliphatic carbocycles. The van der Waals surface area contributed by atoms with Gasteiger partial charge in [-0.25, -0.2) is 0 Å². The quantitative estimate of drug-likeness (QED) is 0.792. The maximum Gasteiger partial charge on any atom is 0.286 e. The van der Waals surface area contributed by atoms with Crippen molar-refractivity contribution in [2.24, 2.45) is 10.7 Å². The van der Waals surface area contributed by atoms with Gasteiger partial charge >= 0.3 is 0 Å². The number of aliphatic imine (C=N–C) groups is 1. The molecule has 0 saturated heterocycles. The number of hydrogen-bond acceptors (Lipinski definition) is 5. The molecule has 3 N–H and O–H groups in total. The molecule has 1 aliphatic heterocycles. The standard InChI is InChI=1S/C14H13N3O4S/c1-8(18)16-14-17-13(20)11(22-14)6-9-2-4-10(5-3-9)21-7-12(15)19/h2-6H,7H2,1H3,(H2,15,19)(H,16,17,18,20)/b11-6-. The lowest BCUT2D eigenvalue weighted by Gasteiger charge is -2.03. The smallest absolute Gasteiger partial charge is 0.286 e. The third-order valence-electron chi connectivity index (χ3n) is 2.46. The maximum atomic E-state index is 11.7. The summed E-state index contributed by atoms with van der Waals surface area (Å²) >= 11 is 1.10. The number of nitrogens with two attached hydrogens (primary N) is 1. The van der Waals surface area contributed by atoms with Gasteiger partial charge in [0.05, 0.1) is 4.91 Å². The first kappa shape index (κ1) is 15.8. The van der Waals surface area contributed by atoms with E-state index in [0.29, 0.717) is 10.7 Å². The maximum absolute atomic E-state index is 11.7. The molecule has 0 saturated carbocycles. The van der Waals surface area contributed by atoms with E-state index in [9.17, 15) is 14.4 Å². The summed E-state index contributed by atoms with van der Waals surface area (Å²) in [6, 6.07) is 6.78. The molecule has 1 aliphatic rings. The third-order valence-corrected chi connectivity index (χ3v) is 3.36. The number of nitrogens with one attached hydrogen (secondary N) is 1. The van der Waals surface area contributed by atoms with Gasteiger partial charge in [0, 0.05) is 6.92 Å². The Hall–Kier alpha value is -2.61. The summed E-state index contributed by atoms with van der Waals surface area (Å²) in [6.07, 6.45) is 1.66. The second-order valence-electron chi connectivity index (χ2n) is 4.34. The highest BCUT2D eigenvalue weighted by atomic mass is 32.2. The van der Waals surface area contributed by atoms with Crippen LogP contribution in [0.25, 0.3) is 6.08 Å². The second-order valence-corrected chi connectivity index (χ2v) is 5.37. The van der Waals surface area contributed by atoms with Gasteiger partial charge < -0.3 is 15.8 Å². The van der Waals surface area contributed by atoms with E-state index < -0.39 is 11.8 Å². The molecule has 1 heterocycles. The molecule has 114 valence electrons. The average molecular weight is 319 g/mol. The molecule has 0 fully saturated rings. The van der Waals surface area contributed by atoms with Crippen molar-refractivity contribution in [1.82, 2.24) is 5.32 Å².